The number of aromatic nitrogens is 3. The summed E-state index contributed by atoms with van der Waals surface area (Å²) >= 11 is 0. The summed E-state index contributed by atoms with van der Waals surface area (Å²) in [4.78, 5) is 38.7. The standard InChI is InChI=1S/C21H25N5O4/c1-14-23-25(13-19(27)22-9-5-11-24-10-4-8-20(24)28)21(29)17-12-15-16(26(14)17)6-3-7-18(15)30-2/h3,6-7,12H,4-5,8-11,13H2,1-2H3,(H,22,27). The van der Waals surface area contributed by atoms with Crippen molar-refractivity contribution >= 4 is 28.2 Å². The van der Waals surface area contributed by atoms with Crippen LogP contribution in [0.3, 0.4) is 0 Å². The molecule has 2 amide bonds. The minimum atomic E-state index is -0.336. The van der Waals surface area contributed by atoms with E-state index in [-0.39, 0.29) is 23.9 Å². The van der Waals surface area contributed by atoms with Crippen LogP contribution in [0.4, 0.5) is 0 Å². The highest BCUT2D eigenvalue weighted by Gasteiger charge is 2.19. The molecule has 1 fully saturated rings. The lowest BCUT2D eigenvalue weighted by atomic mass is 10.2. The van der Waals surface area contributed by atoms with Gasteiger partial charge in [-0.25, -0.2) is 4.68 Å². The first-order valence-corrected chi connectivity index (χ1v) is 10.1. The van der Waals surface area contributed by atoms with E-state index in [0.29, 0.717) is 43.0 Å². The van der Waals surface area contributed by atoms with Gasteiger partial charge in [-0.1, -0.05) is 6.07 Å². The molecule has 1 aliphatic heterocycles. The number of benzene rings is 1. The van der Waals surface area contributed by atoms with Crippen LogP contribution in [0.5, 0.6) is 5.75 Å². The maximum absolute atomic E-state index is 12.9. The summed E-state index contributed by atoms with van der Waals surface area (Å²) < 4.78 is 8.37. The fourth-order valence-electron chi connectivity index (χ4n) is 4.02. The van der Waals surface area contributed by atoms with Crippen molar-refractivity contribution in [3.05, 3.63) is 40.4 Å². The first-order valence-electron chi connectivity index (χ1n) is 10.1. The number of rotatable bonds is 7. The van der Waals surface area contributed by atoms with Crippen molar-refractivity contribution in [2.75, 3.05) is 26.7 Å². The molecular weight excluding hydrogens is 386 g/mol. The maximum atomic E-state index is 12.9. The molecule has 1 N–H and O–H groups in total. The Kier molecular flexibility index (Phi) is 5.43. The van der Waals surface area contributed by atoms with Crippen LogP contribution in [0.15, 0.2) is 29.1 Å². The summed E-state index contributed by atoms with van der Waals surface area (Å²) in [5, 5.41) is 7.96. The van der Waals surface area contributed by atoms with Gasteiger partial charge in [0.25, 0.3) is 5.56 Å². The van der Waals surface area contributed by atoms with Gasteiger partial charge in [0.15, 0.2) is 0 Å². The number of nitrogens with zero attached hydrogens (tertiary/aromatic N) is 4. The number of ether oxygens (including phenoxy) is 1. The fraction of sp³-hybridized carbons (Fsp3) is 0.429. The van der Waals surface area contributed by atoms with Crippen LogP contribution in [0.1, 0.15) is 25.1 Å². The summed E-state index contributed by atoms with van der Waals surface area (Å²) in [6.07, 6.45) is 2.20. The number of fused-ring (bicyclic) bond motifs is 3. The Hall–Kier alpha value is -3.36. The van der Waals surface area contributed by atoms with E-state index in [0.717, 1.165) is 23.9 Å². The van der Waals surface area contributed by atoms with Gasteiger partial charge < -0.3 is 15.0 Å². The number of methoxy groups -OCH3 is 1. The molecule has 4 rings (SSSR count). The van der Waals surface area contributed by atoms with Crippen LogP contribution in [-0.2, 0) is 16.1 Å². The molecule has 0 saturated carbocycles. The molecular formula is C21H25N5O4. The lowest BCUT2D eigenvalue weighted by Crippen LogP contribution is -2.36. The number of hydrogen-bond acceptors (Lipinski definition) is 5. The van der Waals surface area contributed by atoms with Crippen molar-refractivity contribution in [1.29, 1.82) is 0 Å². The van der Waals surface area contributed by atoms with Crippen molar-refractivity contribution in [3.8, 4) is 5.75 Å². The molecule has 1 aliphatic rings. The highest BCUT2D eigenvalue weighted by molar-refractivity contribution is 5.92. The Bertz CT molecular complexity index is 1180. The summed E-state index contributed by atoms with van der Waals surface area (Å²) in [6, 6.07) is 7.38. The average molecular weight is 411 g/mol. The van der Waals surface area contributed by atoms with E-state index in [4.69, 9.17) is 4.74 Å². The third-order valence-electron chi connectivity index (χ3n) is 5.46. The van der Waals surface area contributed by atoms with Gasteiger partial charge >= 0.3 is 0 Å². The molecule has 158 valence electrons. The first kappa shape index (κ1) is 19.9. The Labute approximate surface area is 173 Å². The Morgan fingerprint density at radius 3 is 2.83 bits per heavy atom. The second-order valence-corrected chi connectivity index (χ2v) is 7.46. The summed E-state index contributed by atoms with van der Waals surface area (Å²) in [6.45, 7) is 3.53. The van der Waals surface area contributed by atoms with Crippen LogP contribution in [0, 0.1) is 6.92 Å². The van der Waals surface area contributed by atoms with Crippen molar-refractivity contribution in [2.45, 2.75) is 32.7 Å². The van der Waals surface area contributed by atoms with E-state index in [1.165, 1.54) is 4.68 Å². The molecule has 1 saturated heterocycles. The number of nitrogens with one attached hydrogen (secondary N) is 1. The molecule has 9 heteroatoms. The van der Waals surface area contributed by atoms with Crippen LogP contribution in [-0.4, -0.2) is 57.6 Å². The van der Waals surface area contributed by atoms with Crippen LogP contribution < -0.4 is 15.6 Å². The Morgan fingerprint density at radius 1 is 1.27 bits per heavy atom. The van der Waals surface area contributed by atoms with E-state index in [2.05, 4.69) is 10.4 Å². The predicted molar refractivity (Wildman–Crippen MR) is 112 cm³/mol. The topological polar surface area (TPSA) is 97.9 Å². The normalized spacial score (nSPS) is 14.1. The molecule has 0 spiro atoms. The average Bonchev–Trinajstić information content (AvgIpc) is 3.32. The van der Waals surface area contributed by atoms with Gasteiger partial charge in [0.1, 0.15) is 23.6 Å². The number of carbonyl (C=O) groups excluding carboxylic acids is 2. The third kappa shape index (κ3) is 3.62. The van der Waals surface area contributed by atoms with Gasteiger partial charge in [-0.15, -0.1) is 0 Å². The van der Waals surface area contributed by atoms with Gasteiger partial charge in [0, 0.05) is 31.4 Å². The lowest BCUT2D eigenvalue weighted by molar-refractivity contribution is -0.127. The first-order chi connectivity index (χ1) is 14.5. The van der Waals surface area contributed by atoms with Crippen LogP contribution >= 0.6 is 0 Å². The SMILES string of the molecule is COc1cccc2c1cc1c(=O)n(CC(=O)NCCCN3CCCC3=O)nc(C)n12. The van der Waals surface area contributed by atoms with E-state index < -0.39 is 0 Å². The van der Waals surface area contributed by atoms with Crippen LogP contribution in [0.2, 0.25) is 0 Å². The van der Waals surface area contributed by atoms with Gasteiger partial charge in [-0.3, -0.25) is 18.8 Å². The minimum Gasteiger partial charge on any atom is -0.496 e. The maximum Gasteiger partial charge on any atom is 0.291 e. The van der Waals surface area contributed by atoms with Crippen molar-refractivity contribution < 1.29 is 14.3 Å². The van der Waals surface area contributed by atoms with Gasteiger partial charge in [0.05, 0.1) is 12.6 Å². The van der Waals surface area contributed by atoms with E-state index in [1.807, 2.05) is 23.1 Å². The van der Waals surface area contributed by atoms with Crippen molar-refractivity contribution in [1.82, 2.24) is 24.4 Å². The Morgan fingerprint density at radius 2 is 2.10 bits per heavy atom. The lowest BCUT2D eigenvalue weighted by Gasteiger charge is -2.15. The Balaban J connectivity index is 1.48. The van der Waals surface area contributed by atoms with E-state index >= 15 is 0 Å². The van der Waals surface area contributed by atoms with Crippen molar-refractivity contribution in [2.24, 2.45) is 0 Å². The molecule has 3 aromatic rings. The van der Waals surface area contributed by atoms with Crippen molar-refractivity contribution in [3.63, 3.8) is 0 Å². The van der Waals surface area contributed by atoms with E-state index in [9.17, 15) is 14.4 Å². The molecule has 9 nitrogen and oxygen atoms in total. The molecule has 0 aliphatic carbocycles. The second kappa shape index (κ2) is 8.17. The van der Waals surface area contributed by atoms with Gasteiger partial charge in [-0.2, -0.15) is 5.10 Å². The highest BCUT2D eigenvalue weighted by atomic mass is 16.5. The molecule has 0 unspecified atom stereocenters. The largest absolute Gasteiger partial charge is 0.496 e. The second-order valence-electron chi connectivity index (χ2n) is 7.46. The quantitative estimate of drug-likeness (QED) is 0.587. The fourth-order valence-corrected chi connectivity index (χ4v) is 4.02. The number of amides is 2. The molecule has 3 heterocycles. The number of aryl methyl sites for hydroxylation is 1. The number of carbonyl (C=O) groups is 2. The molecule has 1 aromatic carbocycles. The third-order valence-corrected chi connectivity index (χ3v) is 5.46. The zero-order valence-electron chi connectivity index (χ0n) is 17.2. The molecule has 0 bridgehead atoms. The monoisotopic (exact) mass is 411 g/mol. The molecule has 0 atom stereocenters. The van der Waals surface area contributed by atoms with Gasteiger partial charge in [0.2, 0.25) is 11.8 Å². The molecule has 2 aromatic heterocycles. The zero-order chi connectivity index (χ0) is 21.3. The summed E-state index contributed by atoms with van der Waals surface area (Å²) in [5.41, 5.74) is 0.943. The number of likely N-dealkylation sites (tertiary alicyclic amines) is 1. The summed E-state index contributed by atoms with van der Waals surface area (Å²) in [5.74, 6) is 1.18. The van der Waals surface area contributed by atoms with Gasteiger partial charge in [-0.05, 0) is 38.0 Å². The van der Waals surface area contributed by atoms with E-state index in [1.54, 1.807) is 24.5 Å². The minimum absolute atomic E-state index is 0.155. The molecule has 0 radical (unpaired) electrons. The molecule has 30 heavy (non-hydrogen) atoms. The van der Waals surface area contributed by atoms with Crippen LogP contribution in [0.25, 0.3) is 16.4 Å². The summed E-state index contributed by atoms with van der Waals surface area (Å²) in [7, 11) is 1.59. The highest BCUT2D eigenvalue weighted by Crippen LogP contribution is 2.28. The number of hydrogen-bond donors (Lipinski definition) is 1. The smallest absolute Gasteiger partial charge is 0.291 e. The predicted octanol–water partition coefficient (Wildman–Crippen LogP) is 1.09. The zero-order valence-corrected chi connectivity index (χ0v) is 17.2.